The van der Waals surface area contributed by atoms with Crippen molar-refractivity contribution in [1.82, 2.24) is 10.2 Å². The lowest BCUT2D eigenvalue weighted by Gasteiger charge is -2.44. The number of nitrogens with one attached hydrogen (secondary N) is 1. The van der Waals surface area contributed by atoms with Crippen LogP contribution in [-0.4, -0.2) is 28.8 Å². The van der Waals surface area contributed by atoms with Crippen molar-refractivity contribution in [1.29, 1.82) is 0 Å². The monoisotopic (exact) mass is 294 g/mol. The minimum Gasteiger partial charge on any atom is -0.342 e. The summed E-state index contributed by atoms with van der Waals surface area (Å²) in [7, 11) is 0. The van der Waals surface area contributed by atoms with Gasteiger partial charge in [-0.2, -0.15) is 0 Å². The normalized spacial score (nSPS) is 23.9. The van der Waals surface area contributed by atoms with Gasteiger partial charge in [-0.25, -0.2) is 0 Å². The van der Waals surface area contributed by atoms with Gasteiger partial charge in [0.15, 0.2) is 0 Å². The van der Waals surface area contributed by atoms with Crippen LogP contribution in [0.4, 0.5) is 0 Å². The number of piperazine rings is 1. The third-order valence-electron chi connectivity index (χ3n) is 3.59. The lowest BCUT2D eigenvalue weighted by atomic mass is 9.83. The second-order valence-electron chi connectivity index (χ2n) is 6.28. The lowest BCUT2D eigenvalue weighted by molar-refractivity contribution is -0.154. The predicted molar refractivity (Wildman–Crippen MR) is 80.3 cm³/mol. The van der Waals surface area contributed by atoms with E-state index >= 15 is 0 Å². The molecule has 2 rings (SSSR count). The molecular weight excluding hydrogens is 272 g/mol. The lowest BCUT2D eigenvalue weighted by Crippen LogP contribution is -2.66. The van der Waals surface area contributed by atoms with Crippen LogP contribution in [0.1, 0.15) is 39.0 Å². The zero-order chi connectivity index (χ0) is 14.9. The number of rotatable bonds is 3. The van der Waals surface area contributed by atoms with E-state index in [1.807, 2.05) is 45.2 Å². The molecule has 0 bridgehead atoms. The van der Waals surface area contributed by atoms with Gasteiger partial charge >= 0.3 is 0 Å². The Morgan fingerprint density at radius 3 is 2.55 bits per heavy atom. The fourth-order valence-electron chi connectivity index (χ4n) is 2.66. The fraction of sp³-hybridized carbons (Fsp3) is 0.600. The summed E-state index contributed by atoms with van der Waals surface area (Å²) < 4.78 is 0. The number of hydrogen-bond acceptors (Lipinski definition) is 3. The van der Waals surface area contributed by atoms with Crippen LogP contribution in [0.5, 0.6) is 0 Å². The summed E-state index contributed by atoms with van der Waals surface area (Å²) in [5, 5.41) is 4.85. The highest BCUT2D eigenvalue weighted by atomic mass is 32.1. The summed E-state index contributed by atoms with van der Waals surface area (Å²) in [5.74, 6) is -0.0130. The van der Waals surface area contributed by atoms with E-state index in [0.29, 0.717) is 13.0 Å². The van der Waals surface area contributed by atoms with Gasteiger partial charge in [-0.15, -0.1) is 11.3 Å². The zero-order valence-electron chi connectivity index (χ0n) is 12.5. The number of hydrogen-bond donors (Lipinski definition) is 1. The summed E-state index contributed by atoms with van der Waals surface area (Å²) in [6.07, 6.45) is 0.627. The second-order valence-corrected chi connectivity index (χ2v) is 7.32. The Hall–Kier alpha value is -1.36. The highest BCUT2D eigenvalue weighted by Gasteiger charge is 2.45. The molecule has 1 saturated heterocycles. The molecule has 0 aromatic carbocycles. The quantitative estimate of drug-likeness (QED) is 0.930. The SMILES string of the molecule is CCC1NC(=O)C(C(C)(C)C)N(Cc2cccs2)C1=O. The van der Waals surface area contributed by atoms with Crippen LogP contribution in [0.25, 0.3) is 0 Å². The first-order chi connectivity index (χ1) is 9.34. The molecule has 1 aliphatic rings. The Labute approximate surface area is 124 Å². The molecule has 110 valence electrons. The van der Waals surface area contributed by atoms with E-state index < -0.39 is 6.04 Å². The number of carbonyl (C=O) groups is 2. The van der Waals surface area contributed by atoms with Crippen LogP contribution in [-0.2, 0) is 16.1 Å². The molecule has 0 radical (unpaired) electrons. The van der Waals surface area contributed by atoms with Crippen LogP contribution in [0.3, 0.4) is 0 Å². The third kappa shape index (κ3) is 2.87. The van der Waals surface area contributed by atoms with Gasteiger partial charge in [0.2, 0.25) is 11.8 Å². The van der Waals surface area contributed by atoms with Gasteiger partial charge in [0.05, 0.1) is 6.54 Å². The van der Waals surface area contributed by atoms with Gasteiger partial charge in [0.25, 0.3) is 0 Å². The van der Waals surface area contributed by atoms with Crippen LogP contribution in [0, 0.1) is 5.41 Å². The van der Waals surface area contributed by atoms with Gasteiger partial charge in [-0.3, -0.25) is 9.59 Å². The summed E-state index contributed by atoms with van der Waals surface area (Å²) in [5.41, 5.74) is -0.282. The number of amides is 2. The molecule has 0 spiro atoms. The molecule has 20 heavy (non-hydrogen) atoms. The van der Waals surface area contributed by atoms with Crippen molar-refractivity contribution >= 4 is 23.2 Å². The topological polar surface area (TPSA) is 49.4 Å². The molecule has 2 heterocycles. The molecule has 1 N–H and O–H groups in total. The molecule has 2 unspecified atom stereocenters. The van der Waals surface area contributed by atoms with Crippen molar-refractivity contribution in [2.45, 2.75) is 52.7 Å². The molecule has 2 amide bonds. The summed E-state index contributed by atoms with van der Waals surface area (Å²) in [6.45, 7) is 8.43. The van der Waals surface area contributed by atoms with Crippen molar-refractivity contribution in [3.8, 4) is 0 Å². The first-order valence-electron chi connectivity index (χ1n) is 6.98. The minimum atomic E-state index is -0.417. The predicted octanol–water partition coefficient (Wildman–Crippen LogP) is 2.40. The summed E-state index contributed by atoms with van der Waals surface area (Å²) in [6, 6.07) is 3.17. The molecule has 1 aliphatic heterocycles. The van der Waals surface area contributed by atoms with Gasteiger partial charge in [-0.1, -0.05) is 33.8 Å². The van der Waals surface area contributed by atoms with Crippen molar-refractivity contribution in [2.24, 2.45) is 5.41 Å². The molecular formula is C15H22N2O2S. The van der Waals surface area contributed by atoms with Crippen LogP contribution >= 0.6 is 11.3 Å². The number of nitrogens with zero attached hydrogens (tertiary/aromatic N) is 1. The third-order valence-corrected chi connectivity index (χ3v) is 4.45. The largest absolute Gasteiger partial charge is 0.342 e. The molecule has 1 aromatic rings. The molecule has 5 heteroatoms. The van der Waals surface area contributed by atoms with E-state index in [9.17, 15) is 9.59 Å². The number of thiophene rings is 1. The van der Waals surface area contributed by atoms with E-state index in [1.54, 1.807) is 16.2 Å². The highest BCUT2D eigenvalue weighted by molar-refractivity contribution is 7.09. The fourth-order valence-corrected chi connectivity index (χ4v) is 3.36. The maximum atomic E-state index is 12.6. The Balaban J connectivity index is 2.32. The summed E-state index contributed by atoms with van der Waals surface area (Å²) in [4.78, 5) is 27.9. The molecule has 4 nitrogen and oxygen atoms in total. The second kappa shape index (κ2) is 5.56. The zero-order valence-corrected chi connectivity index (χ0v) is 13.3. The average molecular weight is 294 g/mol. The molecule has 1 aromatic heterocycles. The van der Waals surface area contributed by atoms with Crippen molar-refractivity contribution < 1.29 is 9.59 Å². The van der Waals surface area contributed by atoms with E-state index in [-0.39, 0.29) is 23.3 Å². The first-order valence-corrected chi connectivity index (χ1v) is 7.85. The van der Waals surface area contributed by atoms with Crippen LogP contribution in [0.15, 0.2) is 17.5 Å². The standard InChI is InChI=1S/C15H22N2O2S/c1-5-11-14(19)17(9-10-7-6-8-20-10)12(13(18)16-11)15(2,3)4/h6-8,11-12H,5,9H2,1-4H3,(H,16,18). The van der Waals surface area contributed by atoms with E-state index in [1.165, 1.54) is 0 Å². The van der Waals surface area contributed by atoms with Gasteiger partial charge in [-0.05, 0) is 23.3 Å². The number of carbonyl (C=O) groups excluding carboxylic acids is 2. The Kier molecular flexibility index (Phi) is 4.18. The first kappa shape index (κ1) is 15.0. The molecule has 0 saturated carbocycles. The summed E-state index contributed by atoms with van der Waals surface area (Å²) >= 11 is 1.62. The van der Waals surface area contributed by atoms with Crippen molar-refractivity contribution in [2.75, 3.05) is 0 Å². The molecule has 1 fully saturated rings. The van der Waals surface area contributed by atoms with Crippen LogP contribution in [0.2, 0.25) is 0 Å². The molecule has 2 atom stereocenters. The van der Waals surface area contributed by atoms with E-state index in [0.717, 1.165) is 4.88 Å². The van der Waals surface area contributed by atoms with Gasteiger partial charge < -0.3 is 10.2 Å². The Morgan fingerprint density at radius 1 is 1.35 bits per heavy atom. The smallest absolute Gasteiger partial charge is 0.246 e. The van der Waals surface area contributed by atoms with Gasteiger partial charge in [0.1, 0.15) is 12.1 Å². The average Bonchev–Trinajstić information content (AvgIpc) is 2.84. The highest BCUT2D eigenvalue weighted by Crippen LogP contribution is 2.30. The van der Waals surface area contributed by atoms with Gasteiger partial charge in [0, 0.05) is 4.88 Å². The van der Waals surface area contributed by atoms with Crippen molar-refractivity contribution in [3.05, 3.63) is 22.4 Å². The Bertz CT molecular complexity index is 490. The Morgan fingerprint density at radius 2 is 2.05 bits per heavy atom. The molecule has 0 aliphatic carbocycles. The van der Waals surface area contributed by atoms with Crippen LogP contribution < -0.4 is 5.32 Å². The van der Waals surface area contributed by atoms with E-state index in [2.05, 4.69) is 5.32 Å². The maximum Gasteiger partial charge on any atom is 0.246 e. The minimum absolute atomic E-state index is 0.0282. The van der Waals surface area contributed by atoms with E-state index in [4.69, 9.17) is 0 Å². The van der Waals surface area contributed by atoms with Crippen molar-refractivity contribution in [3.63, 3.8) is 0 Å². The maximum absolute atomic E-state index is 12.6.